The van der Waals surface area contributed by atoms with Crippen molar-refractivity contribution in [1.82, 2.24) is 0 Å². The number of phosphoric acid groups is 2. The van der Waals surface area contributed by atoms with Crippen LogP contribution >= 0.6 is 15.6 Å². The third kappa shape index (κ3) is 80.1. The zero-order valence-corrected chi connectivity index (χ0v) is 71.4. The minimum Gasteiger partial charge on any atom is -0.462 e. The van der Waals surface area contributed by atoms with Gasteiger partial charge < -0.3 is 33.8 Å². The Hall–Kier alpha value is -1.94. The summed E-state index contributed by atoms with van der Waals surface area (Å²) in [6, 6.07) is 0. The third-order valence-electron chi connectivity index (χ3n) is 20.5. The average Bonchev–Trinajstić information content (AvgIpc) is 0.933. The predicted molar refractivity (Wildman–Crippen MR) is 437 cm³/mol. The van der Waals surface area contributed by atoms with E-state index in [0.29, 0.717) is 25.7 Å². The van der Waals surface area contributed by atoms with E-state index in [1.165, 1.54) is 283 Å². The van der Waals surface area contributed by atoms with Gasteiger partial charge in [0.1, 0.15) is 19.3 Å². The molecule has 0 heterocycles. The third-order valence-corrected chi connectivity index (χ3v) is 22.4. The summed E-state index contributed by atoms with van der Waals surface area (Å²) >= 11 is 0. The SMILES string of the molecule is CCCCCCCCCCCCCCCCCCCCCCCC(=O)OC[C@H](COP(=O)(O)OC[C@@H](O)COP(=O)(O)OC[C@@H](COC(=O)CCCCCCCCC)OC(=O)CCCCCCCCCCCCCCCCCCC)OC(=O)CCCCCCCCCCCCCCCCCCCCC(C)C. The molecule has 17 nitrogen and oxygen atoms in total. The van der Waals surface area contributed by atoms with E-state index in [1.54, 1.807) is 0 Å². The first kappa shape index (κ1) is 104. The molecule has 0 rings (SSSR count). The van der Waals surface area contributed by atoms with Crippen LogP contribution in [0.5, 0.6) is 0 Å². The Labute approximate surface area is 651 Å². The summed E-state index contributed by atoms with van der Waals surface area (Å²) in [6.07, 6.45) is 73.9. The van der Waals surface area contributed by atoms with Gasteiger partial charge in [0, 0.05) is 25.7 Å². The largest absolute Gasteiger partial charge is 0.472 e. The fourth-order valence-electron chi connectivity index (χ4n) is 13.6. The predicted octanol–water partition coefficient (Wildman–Crippen LogP) is 26.8. The number of hydrogen-bond acceptors (Lipinski definition) is 15. The van der Waals surface area contributed by atoms with E-state index in [0.717, 1.165) is 109 Å². The molecule has 0 saturated heterocycles. The molecular weight excluding hydrogens is 1380 g/mol. The van der Waals surface area contributed by atoms with Crippen LogP contribution in [0.2, 0.25) is 0 Å². The van der Waals surface area contributed by atoms with Gasteiger partial charge in [-0.2, -0.15) is 0 Å². The smallest absolute Gasteiger partial charge is 0.462 e. The first-order valence-corrected chi connectivity index (χ1v) is 48.1. The molecule has 0 spiro atoms. The molecule has 106 heavy (non-hydrogen) atoms. The highest BCUT2D eigenvalue weighted by atomic mass is 31.2. The fraction of sp³-hybridized carbons (Fsp3) is 0.954. The Morgan fingerprint density at radius 3 is 0.642 bits per heavy atom. The first-order valence-electron chi connectivity index (χ1n) is 45.1. The number of phosphoric ester groups is 2. The van der Waals surface area contributed by atoms with Crippen molar-refractivity contribution >= 4 is 39.5 Å². The fourth-order valence-corrected chi connectivity index (χ4v) is 15.2. The second kappa shape index (κ2) is 79.7. The molecule has 0 aromatic carbocycles. The highest BCUT2D eigenvalue weighted by molar-refractivity contribution is 7.47. The van der Waals surface area contributed by atoms with Gasteiger partial charge in [-0.3, -0.25) is 37.3 Å². The number of aliphatic hydroxyl groups excluding tert-OH is 1. The molecule has 0 aliphatic heterocycles. The van der Waals surface area contributed by atoms with Crippen molar-refractivity contribution in [1.29, 1.82) is 0 Å². The zero-order chi connectivity index (χ0) is 77.6. The minimum atomic E-state index is -4.96. The lowest BCUT2D eigenvalue weighted by molar-refractivity contribution is -0.161. The number of aliphatic hydroxyl groups is 1. The summed E-state index contributed by atoms with van der Waals surface area (Å²) in [5, 5.41) is 10.7. The molecule has 19 heteroatoms. The van der Waals surface area contributed by atoms with Gasteiger partial charge in [0.15, 0.2) is 12.2 Å². The summed E-state index contributed by atoms with van der Waals surface area (Å²) < 4.78 is 68.8. The quantitative estimate of drug-likeness (QED) is 0.0222. The maximum absolute atomic E-state index is 13.1. The van der Waals surface area contributed by atoms with Gasteiger partial charge in [-0.15, -0.1) is 0 Å². The van der Waals surface area contributed by atoms with Crippen LogP contribution in [0.4, 0.5) is 0 Å². The van der Waals surface area contributed by atoms with Crippen LogP contribution in [0.1, 0.15) is 471 Å². The molecule has 630 valence electrons. The van der Waals surface area contributed by atoms with Gasteiger partial charge in [0.25, 0.3) is 0 Å². The van der Waals surface area contributed by atoms with Crippen molar-refractivity contribution in [3.63, 3.8) is 0 Å². The van der Waals surface area contributed by atoms with E-state index in [4.69, 9.17) is 37.0 Å². The second-order valence-electron chi connectivity index (χ2n) is 31.8. The molecule has 0 amide bonds. The Kier molecular flexibility index (Phi) is 78.2. The molecule has 2 unspecified atom stereocenters. The van der Waals surface area contributed by atoms with Crippen molar-refractivity contribution in [3.8, 4) is 0 Å². The average molecular weight is 1550 g/mol. The number of unbranched alkanes of at least 4 members (excludes halogenated alkanes) is 59. The second-order valence-corrected chi connectivity index (χ2v) is 34.7. The molecule has 3 N–H and O–H groups in total. The van der Waals surface area contributed by atoms with Gasteiger partial charge >= 0.3 is 39.5 Å². The summed E-state index contributed by atoms with van der Waals surface area (Å²) in [5.41, 5.74) is 0. The van der Waals surface area contributed by atoms with Crippen molar-refractivity contribution in [2.75, 3.05) is 39.6 Å². The lowest BCUT2D eigenvalue weighted by Crippen LogP contribution is -2.30. The number of rotatable bonds is 87. The highest BCUT2D eigenvalue weighted by Crippen LogP contribution is 2.45. The van der Waals surface area contributed by atoms with E-state index >= 15 is 0 Å². The molecular formula is C87H170O17P2. The maximum Gasteiger partial charge on any atom is 0.472 e. The molecule has 0 fully saturated rings. The van der Waals surface area contributed by atoms with Gasteiger partial charge in [-0.25, -0.2) is 9.13 Å². The van der Waals surface area contributed by atoms with Crippen molar-refractivity contribution in [2.24, 2.45) is 5.92 Å². The van der Waals surface area contributed by atoms with Gasteiger partial charge in [-0.05, 0) is 31.6 Å². The molecule has 0 aliphatic carbocycles. The first-order chi connectivity index (χ1) is 51.5. The number of esters is 4. The van der Waals surface area contributed by atoms with E-state index in [-0.39, 0.29) is 25.7 Å². The Morgan fingerprint density at radius 2 is 0.434 bits per heavy atom. The monoisotopic (exact) mass is 1550 g/mol. The molecule has 5 atom stereocenters. The van der Waals surface area contributed by atoms with Crippen LogP contribution < -0.4 is 0 Å². The number of hydrogen-bond donors (Lipinski definition) is 3. The van der Waals surface area contributed by atoms with E-state index in [9.17, 15) is 43.2 Å². The normalized spacial score (nSPS) is 13.7. The van der Waals surface area contributed by atoms with Crippen molar-refractivity contribution < 1.29 is 80.2 Å². The van der Waals surface area contributed by atoms with Gasteiger partial charge in [-0.1, -0.05) is 420 Å². The standard InChI is InChI=1S/C87H170O17P2/c1-6-9-12-15-18-20-22-24-26-28-29-30-31-36-39-43-47-51-56-61-66-71-85(90)98-77-83(104-87(92)73-68-63-58-53-49-45-41-37-33-32-35-38-42-46-50-55-59-64-69-80(4)5)79-102-106(95,96)100-75-81(88)74-99-105(93,94)101-78-82(76-97-84(89)70-65-60-54-17-14-11-8-3)103-86(91)72-67-62-57-52-48-44-40-34-27-25-23-21-19-16-13-10-7-2/h80-83,88H,6-79H2,1-5H3,(H,93,94)(H,95,96)/t81-,82+,83+/m0/s1. The van der Waals surface area contributed by atoms with E-state index < -0.39 is 97.5 Å². The Balaban J connectivity index is 5.15. The van der Waals surface area contributed by atoms with Crippen LogP contribution in [-0.4, -0.2) is 96.7 Å². The van der Waals surface area contributed by atoms with Crippen LogP contribution in [0, 0.1) is 5.92 Å². The lowest BCUT2D eigenvalue weighted by Gasteiger charge is -2.21. The van der Waals surface area contributed by atoms with Gasteiger partial charge in [0.2, 0.25) is 0 Å². The molecule has 0 aromatic rings. The maximum atomic E-state index is 13.1. The van der Waals surface area contributed by atoms with Crippen molar-refractivity contribution in [3.05, 3.63) is 0 Å². The molecule has 0 aliphatic rings. The molecule has 0 bridgehead atoms. The van der Waals surface area contributed by atoms with Gasteiger partial charge in [0.05, 0.1) is 26.4 Å². The number of carbonyl (C=O) groups excluding carboxylic acids is 4. The minimum absolute atomic E-state index is 0.109. The summed E-state index contributed by atoms with van der Waals surface area (Å²) in [6.45, 7) is 7.36. The topological polar surface area (TPSA) is 237 Å². The molecule has 0 radical (unpaired) electrons. The summed E-state index contributed by atoms with van der Waals surface area (Å²) in [7, 11) is -9.92. The van der Waals surface area contributed by atoms with E-state index in [1.807, 2.05) is 0 Å². The van der Waals surface area contributed by atoms with Crippen molar-refractivity contribution in [2.45, 2.75) is 490 Å². The highest BCUT2D eigenvalue weighted by Gasteiger charge is 2.30. The molecule has 0 aromatic heterocycles. The van der Waals surface area contributed by atoms with Crippen LogP contribution in [0.15, 0.2) is 0 Å². The molecule has 0 saturated carbocycles. The van der Waals surface area contributed by atoms with E-state index in [2.05, 4.69) is 34.6 Å². The van der Waals surface area contributed by atoms with Crippen LogP contribution in [0.3, 0.4) is 0 Å². The van der Waals surface area contributed by atoms with Crippen LogP contribution in [-0.2, 0) is 65.4 Å². The lowest BCUT2D eigenvalue weighted by atomic mass is 10.0. The Morgan fingerprint density at radius 1 is 0.255 bits per heavy atom. The zero-order valence-electron chi connectivity index (χ0n) is 69.6. The summed E-state index contributed by atoms with van der Waals surface area (Å²) in [4.78, 5) is 73.1. The number of carbonyl (C=O) groups is 4. The Bertz CT molecular complexity index is 2010. The van der Waals surface area contributed by atoms with Crippen LogP contribution in [0.25, 0.3) is 0 Å². The number of ether oxygens (including phenoxy) is 4. The summed E-state index contributed by atoms with van der Waals surface area (Å²) in [5.74, 6) is -1.28.